The molecule has 13 atom stereocenters. The quantitative estimate of drug-likeness (QED) is 0.0670. The summed E-state index contributed by atoms with van der Waals surface area (Å²) in [4.78, 5) is 174. The number of aliphatic hydroxyl groups excluding tert-OH is 1. The molecule has 1 saturated heterocycles. The molecule has 26 nitrogen and oxygen atoms in total. The first-order valence-electron chi connectivity index (χ1n) is 34.3. The maximum atomic E-state index is 15.4. The topological polar surface area (TPSA) is 312 Å². The highest BCUT2D eigenvalue weighted by atomic mass is 16.5. The minimum absolute atomic E-state index is 0.0596. The van der Waals surface area contributed by atoms with Gasteiger partial charge in [0.15, 0.2) is 0 Å². The highest BCUT2D eigenvalue weighted by Gasteiger charge is 2.47. The molecule has 0 aliphatic carbocycles. The largest absolute Gasteiger partial charge is 0.390 e. The summed E-state index contributed by atoms with van der Waals surface area (Å²) in [5, 5.41) is 34.7. The summed E-state index contributed by atoms with van der Waals surface area (Å²) in [7, 11) is 9.73. The van der Waals surface area contributed by atoms with Gasteiger partial charge in [0, 0.05) is 62.3 Å². The number of hydrogen-bond donors (Lipinski definition) is 6. The first kappa shape index (κ1) is 86.8. The second-order valence-corrected chi connectivity index (χ2v) is 28.8. The molecule has 95 heavy (non-hydrogen) atoms. The lowest BCUT2D eigenvalue weighted by molar-refractivity contribution is -0.157. The lowest BCUT2D eigenvalue weighted by Gasteiger charge is -2.41. The van der Waals surface area contributed by atoms with Gasteiger partial charge in [0.1, 0.15) is 66.5 Å². The average molecular weight is 1350 g/mol. The van der Waals surface area contributed by atoms with E-state index in [2.05, 4.69) is 26.2 Å². The minimum Gasteiger partial charge on any atom is -0.390 e. The maximum absolute atomic E-state index is 15.4. The third-order valence-corrected chi connectivity index (χ3v) is 18.1. The van der Waals surface area contributed by atoms with Gasteiger partial charge in [-0.3, -0.25) is 52.7 Å². The van der Waals surface area contributed by atoms with E-state index >= 15 is 28.8 Å². The Labute approximate surface area is 569 Å². The summed E-state index contributed by atoms with van der Waals surface area (Å²) in [5.74, 6) is -10.6. The average Bonchev–Trinajstić information content (AvgIpc) is 0.810. The Morgan fingerprint density at radius 3 is 1.40 bits per heavy atom. The van der Waals surface area contributed by atoms with E-state index in [1.807, 2.05) is 55.4 Å². The lowest BCUT2D eigenvalue weighted by Crippen LogP contribution is -2.64. The number of carbonyl (C=O) groups excluding carboxylic acids is 11. The Kier molecular flexibility index (Phi) is 36.4. The zero-order chi connectivity index (χ0) is 73.6. The van der Waals surface area contributed by atoms with E-state index in [0.29, 0.717) is 19.6 Å². The van der Waals surface area contributed by atoms with Gasteiger partial charge >= 0.3 is 0 Å². The van der Waals surface area contributed by atoms with E-state index in [1.165, 1.54) is 96.6 Å². The highest BCUT2D eigenvalue weighted by molar-refractivity contribution is 6.00. The molecule has 1 fully saturated rings. The van der Waals surface area contributed by atoms with E-state index in [1.54, 1.807) is 60.6 Å². The van der Waals surface area contributed by atoms with Crippen molar-refractivity contribution >= 4 is 65.0 Å². The molecule has 11 amide bonds. The molecule has 0 aromatic heterocycles. The van der Waals surface area contributed by atoms with Crippen LogP contribution in [-0.2, 0) is 57.5 Å². The van der Waals surface area contributed by atoms with Crippen molar-refractivity contribution in [2.45, 2.75) is 248 Å². The minimum atomic E-state index is -1.68. The molecule has 546 valence electrons. The molecule has 0 saturated carbocycles. The van der Waals surface area contributed by atoms with E-state index in [0.717, 1.165) is 14.7 Å². The molecule has 1 rings (SSSR count). The van der Waals surface area contributed by atoms with E-state index < -0.39 is 168 Å². The number of hydrogen-bond acceptors (Lipinski definition) is 15. The number of nitrogens with one attached hydrogen (secondary N) is 4. The third kappa shape index (κ3) is 25.3. The smallest absolute Gasteiger partial charge is 0.248 e. The summed E-state index contributed by atoms with van der Waals surface area (Å²) in [6, 6.07) is -14.8. The maximum Gasteiger partial charge on any atom is 0.248 e. The van der Waals surface area contributed by atoms with Crippen molar-refractivity contribution in [3.63, 3.8) is 0 Å². The van der Waals surface area contributed by atoms with Crippen molar-refractivity contribution in [2.75, 3.05) is 82.2 Å². The van der Waals surface area contributed by atoms with Crippen molar-refractivity contribution in [1.82, 2.24) is 60.5 Å². The molecule has 0 unspecified atom stereocenters. The van der Waals surface area contributed by atoms with Crippen molar-refractivity contribution in [2.24, 2.45) is 35.5 Å². The Hall–Kier alpha value is -6.25. The molecule has 0 bridgehead atoms. The molecule has 1 aliphatic heterocycles. The number of allylic oxidation sites excluding steroid dienone is 2. The molecule has 1 aliphatic rings. The van der Waals surface area contributed by atoms with Gasteiger partial charge in [-0.05, 0) is 115 Å². The molecule has 6 N–H and O–H groups in total. The van der Waals surface area contributed by atoms with E-state index in [4.69, 9.17) is 4.74 Å². The fourth-order valence-electron chi connectivity index (χ4n) is 11.9. The number of rotatable bonds is 22. The lowest BCUT2D eigenvalue weighted by atomic mass is 9.91. The van der Waals surface area contributed by atoms with E-state index in [-0.39, 0.29) is 62.9 Å². The zero-order valence-corrected chi connectivity index (χ0v) is 62.7. The van der Waals surface area contributed by atoms with Crippen LogP contribution in [0, 0.1) is 35.5 Å². The molecular formula is C69H126N12O14. The SMILES string of the molecule is C/C=C/C[C@@H](C)[C@@H](O)[C@H]1C(=O)N[C@@H](CC)C(=O)N(C)[C@H](COCCN(CC)CC)C(=O)N(C)[C@@H](CC(C)(C)O)C(=O)N[C@@H](C(C)C)C(=O)N(C)[C@@H](CC(C)C)C(=O)N[C@@H](C)C(=O)N[C@H](C)C(=O)N(C)[C@@H](CC(C)C)C(=O)N(C)[C@@H](CC(C)C)C(=O)N(C)[C@@H](C(C)C)C(=O)N1C. The Morgan fingerprint density at radius 1 is 0.505 bits per heavy atom. The molecule has 26 heteroatoms. The Balaban J connectivity index is 4.59. The fourth-order valence-corrected chi connectivity index (χ4v) is 11.9. The van der Waals surface area contributed by atoms with Gasteiger partial charge in [-0.2, -0.15) is 0 Å². The standard InChI is InChI=1S/C69H126N12O14/c1-27-31-32-45(15)57(82)56-61(86)72-48(28-2)63(88)78(24)53(39-95-34-33-81(29-3)30-4)66(91)77(23)52(38-69(18,19)94)60(85)73-54(43(11)12)67(92)74(20)49(35-40(5)6)59(84)70-46(16)58(83)71-47(17)62(87)75(21)50(36-41(7)8)64(89)76(22)51(37-42(9)10)65(90)79(25)55(44(13)14)68(93)80(56)26/h27,31,40-57,82,94H,28-30,32-39H2,1-26H3,(H,70,84)(H,71,83)(H,72,86)(H,73,85)/b31-27+/t45-,46+,47-,48+,49+,50+,51+,52+,53-,54+,55+,56+,57-/m1/s1. The second-order valence-electron chi connectivity index (χ2n) is 28.8. The zero-order valence-electron chi connectivity index (χ0n) is 62.7. The van der Waals surface area contributed by atoms with Crippen LogP contribution in [0.3, 0.4) is 0 Å². The molecule has 0 radical (unpaired) electrons. The number of aliphatic hydroxyl groups is 2. The van der Waals surface area contributed by atoms with Crippen LogP contribution >= 0.6 is 0 Å². The van der Waals surface area contributed by atoms with Crippen LogP contribution in [0.2, 0.25) is 0 Å². The number of ether oxygens (including phenoxy) is 1. The third-order valence-electron chi connectivity index (χ3n) is 18.1. The van der Waals surface area contributed by atoms with E-state index in [9.17, 15) is 34.2 Å². The van der Waals surface area contributed by atoms with Gasteiger partial charge in [0.05, 0.1) is 24.9 Å². The van der Waals surface area contributed by atoms with Crippen LogP contribution in [0.1, 0.15) is 170 Å². The van der Waals surface area contributed by atoms with Crippen LogP contribution < -0.4 is 21.3 Å². The fraction of sp³-hybridized carbons (Fsp3) is 0.812. The predicted molar refractivity (Wildman–Crippen MR) is 367 cm³/mol. The molecule has 0 spiro atoms. The number of likely N-dealkylation sites (N-methyl/N-ethyl adjacent to an activating group) is 8. The first-order chi connectivity index (χ1) is 43.9. The van der Waals surface area contributed by atoms with Crippen LogP contribution in [0.15, 0.2) is 12.2 Å². The Morgan fingerprint density at radius 2 is 0.937 bits per heavy atom. The van der Waals surface area contributed by atoms with Crippen molar-refractivity contribution in [3.8, 4) is 0 Å². The number of amides is 11. The molecule has 0 aromatic carbocycles. The normalized spacial score (nSPS) is 26.3. The van der Waals surface area contributed by atoms with Gasteiger partial charge in [-0.1, -0.05) is 109 Å². The van der Waals surface area contributed by atoms with Crippen molar-refractivity contribution in [3.05, 3.63) is 12.2 Å². The summed E-state index contributed by atoms with van der Waals surface area (Å²) in [6.07, 6.45) is 2.23. The van der Waals surface area contributed by atoms with Gasteiger partial charge in [0.25, 0.3) is 0 Å². The highest BCUT2D eigenvalue weighted by Crippen LogP contribution is 2.26. The van der Waals surface area contributed by atoms with Gasteiger partial charge < -0.3 is 75.4 Å². The summed E-state index contributed by atoms with van der Waals surface area (Å²) in [6.45, 7) is 34.4. The summed E-state index contributed by atoms with van der Waals surface area (Å²) in [5.41, 5.74) is -1.61. The van der Waals surface area contributed by atoms with Crippen LogP contribution in [0.5, 0.6) is 0 Å². The van der Waals surface area contributed by atoms with Gasteiger partial charge in [0.2, 0.25) is 65.0 Å². The molecular weight excluding hydrogens is 1220 g/mol. The number of carbonyl (C=O) groups is 11. The monoisotopic (exact) mass is 1350 g/mol. The van der Waals surface area contributed by atoms with Crippen LogP contribution in [0.4, 0.5) is 0 Å². The Bertz CT molecular complexity index is 2570. The summed E-state index contributed by atoms with van der Waals surface area (Å²) < 4.78 is 6.17. The second kappa shape index (κ2) is 39.8. The molecule has 1 heterocycles. The number of nitrogens with zero attached hydrogens (tertiary/aromatic N) is 8. The van der Waals surface area contributed by atoms with Crippen molar-refractivity contribution < 1.29 is 67.7 Å². The van der Waals surface area contributed by atoms with Crippen LogP contribution in [0.25, 0.3) is 0 Å². The van der Waals surface area contributed by atoms with Crippen LogP contribution in [-0.4, -0.2) is 275 Å². The predicted octanol–water partition coefficient (Wildman–Crippen LogP) is 3.11. The molecule has 0 aromatic rings. The van der Waals surface area contributed by atoms with Crippen molar-refractivity contribution in [1.29, 1.82) is 0 Å². The van der Waals surface area contributed by atoms with Gasteiger partial charge in [-0.15, -0.1) is 0 Å². The first-order valence-corrected chi connectivity index (χ1v) is 34.3. The summed E-state index contributed by atoms with van der Waals surface area (Å²) >= 11 is 0. The van der Waals surface area contributed by atoms with Gasteiger partial charge in [-0.25, -0.2) is 0 Å².